The minimum Gasteiger partial charge on any atom is -0.441 e. The number of carbonyl (C=O) groups excluding carboxylic acids is 1. The number of hydrogen-bond donors (Lipinski definition) is 2. The smallest absolute Gasteiger partial charge is 0.321 e. The van der Waals surface area contributed by atoms with Gasteiger partial charge in [-0.25, -0.2) is 9.78 Å². The molecule has 1 aromatic heterocycles. The number of aromatic nitrogens is 1. The summed E-state index contributed by atoms with van der Waals surface area (Å²) in [4.78, 5) is 18.4. The highest BCUT2D eigenvalue weighted by molar-refractivity contribution is 5.91. The molecule has 2 aromatic rings. The average Bonchev–Trinajstić information content (AvgIpc) is 2.97. The van der Waals surface area contributed by atoms with Crippen LogP contribution in [0, 0.1) is 5.92 Å². The molecule has 0 radical (unpaired) electrons. The number of amides is 2. The third-order valence-corrected chi connectivity index (χ3v) is 4.05. The summed E-state index contributed by atoms with van der Waals surface area (Å²) in [6.07, 6.45) is 2.65. The van der Waals surface area contributed by atoms with Gasteiger partial charge in [0.05, 0.1) is 0 Å². The van der Waals surface area contributed by atoms with Gasteiger partial charge in [-0.1, -0.05) is 6.92 Å². The zero-order chi connectivity index (χ0) is 15.5. The molecule has 0 saturated carbocycles. The third-order valence-electron chi connectivity index (χ3n) is 4.05. The summed E-state index contributed by atoms with van der Waals surface area (Å²) in [5.41, 5.74) is 2.19. The van der Waals surface area contributed by atoms with Crippen LogP contribution in [0.3, 0.4) is 0 Å². The van der Waals surface area contributed by atoms with E-state index in [9.17, 15) is 9.90 Å². The number of hydrogen-bond acceptors (Lipinski definition) is 4. The predicted octanol–water partition coefficient (Wildman–Crippen LogP) is 2.63. The number of fused-ring (bicyclic) bond motifs is 1. The number of likely N-dealkylation sites (tertiary alicyclic amines) is 1. The van der Waals surface area contributed by atoms with Gasteiger partial charge in [-0.3, -0.25) is 0 Å². The molecule has 2 N–H and O–H groups in total. The molecular weight excluding hydrogens is 282 g/mol. The van der Waals surface area contributed by atoms with Crippen molar-refractivity contribution in [3.05, 3.63) is 24.1 Å². The molecule has 1 aliphatic rings. The molecule has 0 unspecified atom stereocenters. The van der Waals surface area contributed by atoms with Gasteiger partial charge in [-0.05, 0) is 37.0 Å². The van der Waals surface area contributed by atoms with Crippen LogP contribution in [0.2, 0.25) is 0 Å². The van der Waals surface area contributed by atoms with Crippen molar-refractivity contribution < 1.29 is 14.3 Å². The fourth-order valence-corrected chi connectivity index (χ4v) is 2.81. The predicted molar refractivity (Wildman–Crippen MR) is 83.8 cm³/mol. The van der Waals surface area contributed by atoms with Gasteiger partial charge in [-0.2, -0.15) is 0 Å². The first-order valence-electron chi connectivity index (χ1n) is 7.76. The van der Waals surface area contributed by atoms with Gasteiger partial charge in [0.25, 0.3) is 0 Å². The number of nitrogens with zero attached hydrogens (tertiary/aromatic N) is 2. The lowest BCUT2D eigenvalue weighted by Crippen LogP contribution is -2.43. The van der Waals surface area contributed by atoms with Gasteiger partial charge < -0.3 is 19.7 Å². The number of oxazole rings is 1. The Morgan fingerprint density at radius 2 is 2.41 bits per heavy atom. The molecule has 6 nitrogen and oxygen atoms in total. The van der Waals surface area contributed by atoms with Crippen molar-refractivity contribution in [1.82, 2.24) is 9.88 Å². The van der Waals surface area contributed by atoms with Gasteiger partial charge in [0.15, 0.2) is 11.5 Å². The van der Waals surface area contributed by atoms with Crippen molar-refractivity contribution in [2.75, 3.05) is 25.0 Å². The lowest BCUT2D eigenvalue weighted by Gasteiger charge is -2.31. The summed E-state index contributed by atoms with van der Waals surface area (Å²) in [5, 5.41) is 12.1. The number of anilines is 1. The molecule has 0 aliphatic carbocycles. The van der Waals surface area contributed by atoms with Gasteiger partial charge in [0.1, 0.15) is 5.52 Å². The maximum atomic E-state index is 12.3. The van der Waals surface area contributed by atoms with Crippen LogP contribution in [0.5, 0.6) is 0 Å². The van der Waals surface area contributed by atoms with Crippen molar-refractivity contribution >= 4 is 22.8 Å². The summed E-state index contributed by atoms with van der Waals surface area (Å²) in [7, 11) is 0. The maximum Gasteiger partial charge on any atom is 0.321 e. The van der Waals surface area contributed by atoms with Gasteiger partial charge in [-0.15, -0.1) is 0 Å². The molecule has 0 spiro atoms. The third kappa shape index (κ3) is 3.06. The zero-order valence-corrected chi connectivity index (χ0v) is 12.7. The van der Waals surface area contributed by atoms with Crippen LogP contribution >= 0.6 is 0 Å². The second-order valence-electron chi connectivity index (χ2n) is 5.71. The standard InChI is InChI=1S/C16H21N3O3/c1-2-15-18-13-8-12(5-6-14(13)22-15)17-16(21)19-7-3-4-11(9-19)10-20/h5-6,8,11,20H,2-4,7,9-10H2,1H3,(H,17,21)/t11-/m0/s1. The minimum absolute atomic E-state index is 0.128. The van der Waals surface area contributed by atoms with E-state index in [0.29, 0.717) is 18.1 Å². The minimum atomic E-state index is -0.128. The van der Waals surface area contributed by atoms with Crippen LogP contribution in [-0.2, 0) is 6.42 Å². The number of carbonyl (C=O) groups is 1. The Kier molecular flexibility index (Phi) is 4.29. The highest BCUT2D eigenvalue weighted by atomic mass is 16.3. The Balaban J connectivity index is 1.70. The van der Waals surface area contributed by atoms with Gasteiger partial charge in [0, 0.05) is 31.8 Å². The summed E-state index contributed by atoms with van der Waals surface area (Å²) in [5.74, 6) is 0.880. The number of rotatable bonds is 3. The summed E-state index contributed by atoms with van der Waals surface area (Å²) < 4.78 is 5.56. The van der Waals surface area contributed by atoms with Crippen LogP contribution in [-0.4, -0.2) is 40.7 Å². The van der Waals surface area contributed by atoms with Crippen molar-refractivity contribution in [2.24, 2.45) is 5.92 Å². The molecule has 118 valence electrons. The first-order chi connectivity index (χ1) is 10.7. The molecule has 2 amide bonds. The average molecular weight is 303 g/mol. The largest absolute Gasteiger partial charge is 0.441 e. The normalized spacial score (nSPS) is 18.6. The molecular formula is C16H21N3O3. The van der Waals surface area contributed by atoms with E-state index in [1.54, 1.807) is 4.90 Å². The van der Waals surface area contributed by atoms with Crippen molar-refractivity contribution in [1.29, 1.82) is 0 Å². The number of aliphatic hydroxyl groups is 1. The van der Waals surface area contributed by atoms with Crippen LogP contribution in [0.4, 0.5) is 10.5 Å². The second-order valence-corrected chi connectivity index (χ2v) is 5.71. The van der Waals surface area contributed by atoms with E-state index in [2.05, 4.69) is 10.3 Å². The number of aryl methyl sites for hydroxylation is 1. The SMILES string of the molecule is CCc1nc2cc(NC(=O)N3CCC[C@H](CO)C3)ccc2o1. The quantitative estimate of drug-likeness (QED) is 0.913. The molecule has 1 aromatic carbocycles. The summed E-state index contributed by atoms with van der Waals surface area (Å²) >= 11 is 0. The lowest BCUT2D eigenvalue weighted by molar-refractivity contribution is 0.136. The van der Waals surface area contributed by atoms with Crippen LogP contribution < -0.4 is 5.32 Å². The Morgan fingerprint density at radius 3 is 3.18 bits per heavy atom. The highest BCUT2D eigenvalue weighted by Gasteiger charge is 2.23. The molecule has 1 saturated heterocycles. The van der Waals surface area contributed by atoms with E-state index in [1.807, 2.05) is 25.1 Å². The van der Waals surface area contributed by atoms with E-state index >= 15 is 0 Å². The maximum absolute atomic E-state index is 12.3. The van der Waals surface area contributed by atoms with Crippen molar-refractivity contribution in [2.45, 2.75) is 26.2 Å². The first-order valence-corrected chi connectivity index (χ1v) is 7.76. The molecule has 0 bridgehead atoms. The van der Waals surface area contributed by atoms with E-state index < -0.39 is 0 Å². The van der Waals surface area contributed by atoms with Gasteiger partial charge in [0.2, 0.25) is 0 Å². The molecule has 1 atom stereocenters. The van der Waals surface area contributed by atoms with Crippen molar-refractivity contribution in [3.8, 4) is 0 Å². The van der Waals surface area contributed by atoms with Crippen molar-refractivity contribution in [3.63, 3.8) is 0 Å². The highest BCUT2D eigenvalue weighted by Crippen LogP contribution is 2.21. The molecule has 2 heterocycles. The number of benzene rings is 1. The van der Waals surface area contributed by atoms with E-state index in [-0.39, 0.29) is 18.6 Å². The monoisotopic (exact) mass is 303 g/mol. The van der Waals surface area contributed by atoms with Crippen LogP contribution in [0.15, 0.2) is 22.6 Å². The summed E-state index contributed by atoms with van der Waals surface area (Å²) in [6, 6.07) is 5.34. The second kappa shape index (κ2) is 6.36. The van der Waals surface area contributed by atoms with E-state index in [0.717, 1.165) is 36.9 Å². The lowest BCUT2D eigenvalue weighted by atomic mass is 9.99. The number of aliphatic hydroxyl groups excluding tert-OH is 1. The molecule has 6 heteroatoms. The first kappa shape index (κ1) is 14.8. The fraction of sp³-hybridized carbons (Fsp3) is 0.500. The van der Waals surface area contributed by atoms with Gasteiger partial charge >= 0.3 is 6.03 Å². The number of piperidine rings is 1. The summed E-state index contributed by atoms with van der Waals surface area (Å²) in [6.45, 7) is 3.46. The van der Waals surface area contributed by atoms with Crippen LogP contribution in [0.25, 0.3) is 11.1 Å². The number of urea groups is 1. The molecule has 3 rings (SSSR count). The van der Waals surface area contributed by atoms with E-state index in [1.165, 1.54) is 0 Å². The zero-order valence-electron chi connectivity index (χ0n) is 12.7. The fourth-order valence-electron chi connectivity index (χ4n) is 2.81. The van der Waals surface area contributed by atoms with Crippen LogP contribution in [0.1, 0.15) is 25.7 Å². The van der Waals surface area contributed by atoms with E-state index in [4.69, 9.17) is 4.42 Å². The Bertz CT molecular complexity index is 668. The molecule has 1 fully saturated rings. The topological polar surface area (TPSA) is 78.6 Å². The molecule has 22 heavy (non-hydrogen) atoms. The Labute approximate surface area is 129 Å². The number of nitrogens with one attached hydrogen (secondary N) is 1. The molecule has 1 aliphatic heterocycles. The Morgan fingerprint density at radius 1 is 1.55 bits per heavy atom. The Hall–Kier alpha value is -2.08.